The summed E-state index contributed by atoms with van der Waals surface area (Å²) in [7, 11) is 0. The van der Waals surface area contributed by atoms with Crippen molar-refractivity contribution in [2.24, 2.45) is 0 Å². The number of nitrogens with one attached hydrogen (secondary N) is 2. The Bertz CT molecular complexity index is 1240. The summed E-state index contributed by atoms with van der Waals surface area (Å²) in [6.07, 6.45) is 0. The molecule has 0 heterocycles. The minimum atomic E-state index is -3.05. The van der Waals surface area contributed by atoms with Gasteiger partial charge in [-0.25, -0.2) is 0 Å². The maximum absolute atomic E-state index is 12.8. The maximum Gasteiger partial charge on any atom is 0.387 e. The van der Waals surface area contributed by atoms with E-state index in [4.69, 9.17) is 23.2 Å². The van der Waals surface area contributed by atoms with Gasteiger partial charge in [-0.15, -0.1) is 0 Å². The molecule has 2 N–H and O–H groups in total. The van der Waals surface area contributed by atoms with E-state index >= 15 is 0 Å². The van der Waals surface area contributed by atoms with E-state index in [-0.39, 0.29) is 44.0 Å². The number of halogens is 4. The average molecular weight is 496 g/mol. The van der Waals surface area contributed by atoms with Gasteiger partial charge in [-0.05, 0) is 36.4 Å². The summed E-state index contributed by atoms with van der Waals surface area (Å²) in [6, 6.07) is 13.2. The number of hydrogen-bond donors (Lipinski definition) is 2. The van der Waals surface area contributed by atoms with Crippen molar-refractivity contribution in [2.75, 3.05) is 10.6 Å². The lowest BCUT2D eigenvalue weighted by Gasteiger charge is -2.13. The largest absolute Gasteiger partial charge is 0.433 e. The third-order valence-corrected chi connectivity index (χ3v) is 4.84. The predicted molar refractivity (Wildman–Crippen MR) is 119 cm³/mol. The van der Waals surface area contributed by atoms with Gasteiger partial charge in [-0.1, -0.05) is 35.3 Å². The van der Waals surface area contributed by atoms with Crippen LogP contribution in [0, 0.1) is 10.1 Å². The Morgan fingerprint density at radius 2 is 1.61 bits per heavy atom. The number of hydrogen-bond acceptors (Lipinski definition) is 5. The SMILES string of the molecule is O=C(Nc1ccccc1C(=O)Nc1ccc(OC(F)F)c(Cl)c1)c1ccc([N+](=O)[O-])cc1Cl. The number of ether oxygens (including phenoxy) is 1. The second-order valence-electron chi connectivity index (χ2n) is 6.40. The summed E-state index contributed by atoms with van der Waals surface area (Å²) in [6.45, 7) is -3.05. The molecule has 3 rings (SSSR count). The van der Waals surface area contributed by atoms with Crippen molar-refractivity contribution in [3.63, 3.8) is 0 Å². The third-order valence-electron chi connectivity index (χ3n) is 4.23. The van der Waals surface area contributed by atoms with Gasteiger partial charge >= 0.3 is 6.61 Å². The fourth-order valence-corrected chi connectivity index (χ4v) is 3.24. The minimum absolute atomic E-state index is 0.0288. The molecule has 0 aliphatic carbocycles. The molecular formula is C21H13Cl2F2N3O5. The molecule has 3 aromatic rings. The van der Waals surface area contributed by atoms with Crippen LogP contribution in [0.3, 0.4) is 0 Å². The Morgan fingerprint density at radius 3 is 2.24 bits per heavy atom. The van der Waals surface area contributed by atoms with E-state index < -0.39 is 23.3 Å². The molecule has 2 amide bonds. The van der Waals surface area contributed by atoms with Crippen LogP contribution in [0.1, 0.15) is 20.7 Å². The van der Waals surface area contributed by atoms with Crippen molar-refractivity contribution < 1.29 is 28.0 Å². The van der Waals surface area contributed by atoms with Crippen molar-refractivity contribution in [1.29, 1.82) is 0 Å². The maximum atomic E-state index is 12.8. The highest BCUT2D eigenvalue weighted by Crippen LogP contribution is 2.30. The van der Waals surface area contributed by atoms with Gasteiger partial charge in [-0.2, -0.15) is 8.78 Å². The molecule has 170 valence electrons. The summed E-state index contributed by atoms with van der Waals surface area (Å²) in [4.78, 5) is 35.6. The first-order valence-electron chi connectivity index (χ1n) is 9.05. The van der Waals surface area contributed by atoms with E-state index in [0.717, 1.165) is 12.1 Å². The van der Waals surface area contributed by atoms with Gasteiger partial charge in [0.2, 0.25) is 0 Å². The first kappa shape index (κ1) is 23.9. The molecule has 0 bridgehead atoms. The molecule has 0 unspecified atom stereocenters. The van der Waals surface area contributed by atoms with Gasteiger partial charge in [0, 0.05) is 17.8 Å². The summed E-state index contributed by atoms with van der Waals surface area (Å²) in [5, 5.41) is 15.7. The quantitative estimate of drug-likeness (QED) is 0.308. The van der Waals surface area contributed by atoms with E-state index in [2.05, 4.69) is 15.4 Å². The first-order valence-corrected chi connectivity index (χ1v) is 9.81. The van der Waals surface area contributed by atoms with Crippen LogP contribution in [0.15, 0.2) is 60.7 Å². The van der Waals surface area contributed by atoms with E-state index in [0.29, 0.717) is 0 Å². The number of alkyl halides is 2. The van der Waals surface area contributed by atoms with E-state index in [1.807, 2.05) is 0 Å². The zero-order chi connectivity index (χ0) is 24.1. The molecule has 12 heteroatoms. The molecule has 0 saturated carbocycles. The monoisotopic (exact) mass is 495 g/mol. The number of non-ortho nitro benzene ring substituents is 1. The number of nitro groups is 1. The summed E-state index contributed by atoms with van der Waals surface area (Å²) in [5.74, 6) is -1.57. The topological polar surface area (TPSA) is 111 Å². The minimum Gasteiger partial charge on any atom is -0.433 e. The molecule has 0 radical (unpaired) electrons. The molecule has 0 aliphatic heterocycles. The number of benzene rings is 3. The van der Waals surface area contributed by atoms with Crippen LogP contribution in [-0.2, 0) is 0 Å². The molecule has 8 nitrogen and oxygen atoms in total. The van der Waals surface area contributed by atoms with Crippen LogP contribution >= 0.6 is 23.2 Å². The lowest BCUT2D eigenvalue weighted by Crippen LogP contribution is -2.18. The van der Waals surface area contributed by atoms with Crippen LogP contribution in [0.5, 0.6) is 5.75 Å². The highest BCUT2D eigenvalue weighted by Gasteiger charge is 2.18. The smallest absolute Gasteiger partial charge is 0.387 e. The Balaban J connectivity index is 1.79. The van der Waals surface area contributed by atoms with Crippen molar-refractivity contribution in [2.45, 2.75) is 6.61 Å². The molecule has 0 aliphatic rings. The Labute approximate surface area is 195 Å². The van der Waals surface area contributed by atoms with Crippen LogP contribution in [-0.4, -0.2) is 23.3 Å². The fourth-order valence-electron chi connectivity index (χ4n) is 2.75. The first-order chi connectivity index (χ1) is 15.7. The number of carbonyl (C=O) groups is 2. The fraction of sp³-hybridized carbons (Fsp3) is 0.0476. The van der Waals surface area contributed by atoms with E-state index in [1.54, 1.807) is 12.1 Å². The molecular weight excluding hydrogens is 483 g/mol. The van der Waals surface area contributed by atoms with Gasteiger partial charge < -0.3 is 15.4 Å². The lowest BCUT2D eigenvalue weighted by molar-refractivity contribution is -0.384. The molecule has 0 fully saturated rings. The second-order valence-corrected chi connectivity index (χ2v) is 7.21. The van der Waals surface area contributed by atoms with Gasteiger partial charge in [0.25, 0.3) is 17.5 Å². The number of amides is 2. The highest BCUT2D eigenvalue weighted by molar-refractivity contribution is 6.34. The van der Waals surface area contributed by atoms with Crippen molar-refractivity contribution in [3.05, 3.63) is 92.0 Å². The number of nitro benzene ring substituents is 1. The van der Waals surface area contributed by atoms with E-state index in [1.165, 1.54) is 36.4 Å². The number of anilines is 2. The van der Waals surface area contributed by atoms with Crippen molar-refractivity contribution >= 4 is 52.1 Å². The van der Waals surface area contributed by atoms with Crippen LogP contribution in [0.25, 0.3) is 0 Å². The number of rotatable bonds is 7. The average Bonchev–Trinajstić information content (AvgIpc) is 2.75. The predicted octanol–water partition coefficient (Wildman–Crippen LogP) is 6.01. The lowest BCUT2D eigenvalue weighted by atomic mass is 10.1. The van der Waals surface area contributed by atoms with Gasteiger partial charge in [0.1, 0.15) is 5.75 Å². The summed E-state index contributed by atoms with van der Waals surface area (Å²) >= 11 is 11.9. The molecule has 3 aromatic carbocycles. The Kier molecular flexibility index (Phi) is 7.41. The van der Waals surface area contributed by atoms with Gasteiger partial charge in [-0.3, -0.25) is 19.7 Å². The zero-order valence-corrected chi connectivity index (χ0v) is 17.9. The second kappa shape index (κ2) is 10.2. The zero-order valence-electron chi connectivity index (χ0n) is 16.4. The molecule has 0 aromatic heterocycles. The van der Waals surface area contributed by atoms with Crippen molar-refractivity contribution in [3.8, 4) is 5.75 Å². The van der Waals surface area contributed by atoms with Gasteiger partial charge in [0.05, 0.1) is 31.8 Å². The third kappa shape index (κ3) is 5.93. The summed E-state index contributed by atoms with van der Waals surface area (Å²) in [5.41, 5.74) is 0.107. The molecule has 0 atom stereocenters. The number of carbonyl (C=O) groups excluding carboxylic acids is 2. The van der Waals surface area contributed by atoms with Gasteiger partial charge in [0.15, 0.2) is 0 Å². The molecule has 0 saturated heterocycles. The number of nitrogens with zero attached hydrogens (tertiary/aromatic N) is 1. The van der Waals surface area contributed by atoms with E-state index in [9.17, 15) is 28.5 Å². The van der Waals surface area contributed by atoms with Crippen LogP contribution in [0.4, 0.5) is 25.8 Å². The highest BCUT2D eigenvalue weighted by atomic mass is 35.5. The normalized spacial score (nSPS) is 10.6. The summed E-state index contributed by atoms with van der Waals surface area (Å²) < 4.78 is 29.0. The molecule has 33 heavy (non-hydrogen) atoms. The van der Waals surface area contributed by atoms with Crippen LogP contribution < -0.4 is 15.4 Å². The molecule has 0 spiro atoms. The Hall–Kier alpha value is -3.76. The van der Waals surface area contributed by atoms with Crippen LogP contribution in [0.2, 0.25) is 10.0 Å². The Morgan fingerprint density at radius 1 is 0.909 bits per heavy atom. The number of para-hydroxylation sites is 1. The van der Waals surface area contributed by atoms with Crippen molar-refractivity contribution in [1.82, 2.24) is 0 Å². The standard InChI is InChI=1S/C21H13Cl2F2N3O5/c22-15-10-12(28(31)32)6-7-13(15)19(29)27-17-4-2-1-3-14(17)20(30)26-11-5-8-18(16(23)9-11)33-21(24)25/h1-10,21H,(H,26,30)(H,27,29).